The second-order valence-electron chi connectivity index (χ2n) is 5.70. The summed E-state index contributed by atoms with van der Waals surface area (Å²) in [4.78, 5) is 18.9. The molecule has 4 rings (SSSR count). The Morgan fingerprint density at radius 1 is 1.33 bits per heavy atom. The zero-order chi connectivity index (χ0) is 16.5. The van der Waals surface area contributed by atoms with Gasteiger partial charge in [0.2, 0.25) is 5.65 Å². The van der Waals surface area contributed by atoms with E-state index >= 15 is 0 Å². The Hall–Kier alpha value is -2.67. The highest BCUT2D eigenvalue weighted by atomic mass is 35.5. The monoisotopic (exact) mass is 342 g/mol. The highest BCUT2D eigenvalue weighted by molar-refractivity contribution is 6.33. The van der Waals surface area contributed by atoms with E-state index in [4.69, 9.17) is 11.6 Å². The molecule has 122 valence electrons. The summed E-state index contributed by atoms with van der Waals surface area (Å²) in [6.07, 6.45) is 6.02. The number of amides is 1. The Morgan fingerprint density at radius 2 is 2.21 bits per heavy atom. The number of fused-ring (bicyclic) bond motifs is 1. The smallest absolute Gasteiger partial charge is 0.253 e. The van der Waals surface area contributed by atoms with Crippen molar-refractivity contribution in [2.75, 3.05) is 18.0 Å². The minimum absolute atomic E-state index is 0.0405. The number of hydrogen-bond acceptors (Lipinski definition) is 5. The van der Waals surface area contributed by atoms with Gasteiger partial charge in [0.1, 0.15) is 6.33 Å². The molecule has 3 heterocycles. The van der Waals surface area contributed by atoms with Crippen LogP contribution in [-0.4, -0.2) is 44.6 Å². The first-order chi connectivity index (χ1) is 11.7. The first-order valence-electron chi connectivity index (χ1n) is 7.67. The first-order valence-corrected chi connectivity index (χ1v) is 8.05. The van der Waals surface area contributed by atoms with Gasteiger partial charge in [-0.1, -0.05) is 23.7 Å². The molecule has 0 spiro atoms. The van der Waals surface area contributed by atoms with Crippen molar-refractivity contribution < 1.29 is 4.79 Å². The van der Waals surface area contributed by atoms with Gasteiger partial charge in [-0.3, -0.25) is 9.20 Å². The van der Waals surface area contributed by atoms with Crippen molar-refractivity contribution in [3.05, 3.63) is 53.6 Å². The summed E-state index contributed by atoms with van der Waals surface area (Å²) in [5.74, 6) is 0.630. The molecule has 8 heteroatoms. The fraction of sp³-hybridized carbons (Fsp3) is 0.250. The first kappa shape index (κ1) is 14.9. The Labute approximate surface area is 143 Å². The van der Waals surface area contributed by atoms with E-state index < -0.39 is 0 Å². The predicted octanol–water partition coefficient (Wildman–Crippen LogP) is 1.79. The molecule has 1 aliphatic heterocycles. The van der Waals surface area contributed by atoms with Gasteiger partial charge < -0.3 is 10.2 Å². The molecule has 1 fully saturated rings. The maximum absolute atomic E-state index is 12.4. The molecule has 0 radical (unpaired) electrons. The van der Waals surface area contributed by atoms with Gasteiger partial charge in [0.25, 0.3) is 5.91 Å². The molecular formula is C16H15ClN6O. The number of anilines is 1. The summed E-state index contributed by atoms with van der Waals surface area (Å²) >= 11 is 6.08. The number of aromatic nitrogens is 4. The minimum Gasteiger partial charge on any atom is -0.351 e. The van der Waals surface area contributed by atoms with Crippen LogP contribution in [0.25, 0.3) is 5.65 Å². The Kier molecular flexibility index (Phi) is 3.78. The van der Waals surface area contributed by atoms with Crippen molar-refractivity contribution in [3.8, 4) is 0 Å². The maximum Gasteiger partial charge on any atom is 0.253 e. The van der Waals surface area contributed by atoms with Crippen molar-refractivity contribution in [1.82, 2.24) is 24.9 Å². The SMILES string of the molecule is O=C(NC1CCN(c2nccn3cnnc23)C1)c1ccccc1Cl. The maximum atomic E-state index is 12.4. The van der Waals surface area contributed by atoms with E-state index in [1.807, 2.05) is 10.6 Å². The molecule has 1 amide bonds. The van der Waals surface area contributed by atoms with Gasteiger partial charge in [-0.05, 0) is 18.6 Å². The molecule has 1 N–H and O–H groups in total. The molecular weight excluding hydrogens is 328 g/mol. The van der Waals surface area contributed by atoms with Crippen LogP contribution >= 0.6 is 11.6 Å². The third-order valence-corrected chi connectivity index (χ3v) is 4.47. The molecule has 1 unspecified atom stereocenters. The Morgan fingerprint density at radius 3 is 3.08 bits per heavy atom. The number of halogens is 1. The van der Waals surface area contributed by atoms with E-state index in [-0.39, 0.29) is 11.9 Å². The van der Waals surface area contributed by atoms with Crippen LogP contribution in [0, 0.1) is 0 Å². The lowest BCUT2D eigenvalue weighted by Gasteiger charge is -2.18. The van der Waals surface area contributed by atoms with E-state index in [9.17, 15) is 4.79 Å². The lowest BCUT2D eigenvalue weighted by Crippen LogP contribution is -2.37. The Bertz CT molecular complexity index is 895. The Balaban J connectivity index is 1.48. The molecule has 0 saturated carbocycles. The topological polar surface area (TPSA) is 75.4 Å². The number of nitrogens with zero attached hydrogens (tertiary/aromatic N) is 5. The molecule has 1 atom stereocenters. The second-order valence-corrected chi connectivity index (χ2v) is 6.10. The normalized spacial score (nSPS) is 17.4. The van der Waals surface area contributed by atoms with E-state index in [0.717, 1.165) is 24.4 Å². The van der Waals surface area contributed by atoms with Crippen molar-refractivity contribution in [1.29, 1.82) is 0 Å². The largest absolute Gasteiger partial charge is 0.351 e. The van der Waals surface area contributed by atoms with Crippen LogP contribution in [0.5, 0.6) is 0 Å². The summed E-state index contributed by atoms with van der Waals surface area (Å²) in [7, 11) is 0. The second kappa shape index (κ2) is 6.09. The molecule has 24 heavy (non-hydrogen) atoms. The van der Waals surface area contributed by atoms with Crippen molar-refractivity contribution in [2.24, 2.45) is 0 Å². The van der Waals surface area contributed by atoms with Gasteiger partial charge in [0.05, 0.1) is 10.6 Å². The number of carbonyl (C=O) groups excluding carboxylic acids is 1. The molecule has 2 aromatic heterocycles. The number of rotatable bonds is 3. The van der Waals surface area contributed by atoms with Crippen LogP contribution < -0.4 is 10.2 Å². The summed E-state index contributed by atoms with van der Waals surface area (Å²) in [5, 5.41) is 11.5. The van der Waals surface area contributed by atoms with Crippen LogP contribution in [0.3, 0.4) is 0 Å². The highest BCUT2D eigenvalue weighted by Gasteiger charge is 2.27. The number of benzene rings is 1. The molecule has 1 aromatic carbocycles. The summed E-state index contributed by atoms with van der Waals surface area (Å²) < 4.78 is 1.83. The summed E-state index contributed by atoms with van der Waals surface area (Å²) in [5.41, 5.74) is 1.21. The van der Waals surface area contributed by atoms with E-state index in [1.54, 1.807) is 36.8 Å². The van der Waals surface area contributed by atoms with Crippen LogP contribution in [0.4, 0.5) is 5.82 Å². The molecule has 0 bridgehead atoms. The molecule has 3 aromatic rings. The standard InChI is InChI=1S/C16H15ClN6O/c17-13-4-2-1-3-12(13)16(24)20-11-5-7-22(9-11)14-15-21-19-10-23(15)8-6-18-14/h1-4,6,8,10-11H,5,7,9H2,(H,20,24). The molecule has 7 nitrogen and oxygen atoms in total. The lowest BCUT2D eigenvalue weighted by molar-refractivity contribution is 0.0940. The third kappa shape index (κ3) is 2.67. The van der Waals surface area contributed by atoms with E-state index in [0.29, 0.717) is 17.1 Å². The van der Waals surface area contributed by atoms with Crippen LogP contribution in [-0.2, 0) is 0 Å². The van der Waals surface area contributed by atoms with E-state index in [2.05, 4.69) is 25.4 Å². The van der Waals surface area contributed by atoms with Crippen LogP contribution in [0.2, 0.25) is 5.02 Å². The molecule has 1 saturated heterocycles. The average molecular weight is 343 g/mol. The van der Waals surface area contributed by atoms with E-state index in [1.165, 1.54) is 0 Å². The van der Waals surface area contributed by atoms with Crippen LogP contribution in [0.15, 0.2) is 43.0 Å². The van der Waals surface area contributed by atoms with Gasteiger partial charge in [0.15, 0.2) is 5.82 Å². The summed E-state index contributed by atoms with van der Waals surface area (Å²) in [6.45, 7) is 1.47. The minimum atomic E-state index is -0.152. The number of carbonyl (C=O) groups is 1. The van der Waals surface area contributed by atoms with Gasteiger partial charge in [-0.25, -0.2) is 4.98 Å². The fourth-order valence-corrected chi connectivity index (χ4v) is 3.17. The zero-order valence-corrected chi connectivity index (χ0v) is 13.5. The van der Waals surface area contributed by atoms with Gasteiger partial charge >= 0.3 is 0 Å². The fourth-order valence-electron chi connectivity index (χ4n) is 2.95. The van der Waals surface area contributed by atoms with Crippen LogP contribution in [0.1, 0.15) is 16.8 Å². The van der Waals surface area contributed by atoms with Gasteiger partial charge in [-0.2, -0.15) is 0 Å². The zero-order valence-electron chi connectivity index (χ0n) is 12.8. The van der Waals surface area contributed by atoms with Gasteiger partial charge in [-0.15, -0.1) is 10.2 Å². The summed E-state index contributed by atoms with van der Waals surface area (Å²) in [6, 6.07) is 7.09. The lowest BCUT2D eigenvalue weighted by atomic mass is 10.2. The molecule has 0 aliphatic carbocycles. The van der Waals surface area contributed by atoms with Crippen molar-refractivity contribution >= 4 is 29.0 Å². The predicted molar refractivity (Wildman–Crippen MR) is 90.3 cm³/mol. The third-order valence-electron chi connectivity index (χ3n) is 4.14. The number of hydrogen-bond donors (Lipinski definition) is 1. The van der Waals surface area contributed by atoms with Crippen molar-refractivity contribution in [3.63, 3.8) is 0 Å². The number of nitrogens with one attached hydrogen (secondary N) is 1. The van der Waals surface area contributed by atoms with Crippen molar-refractivity contribution in [2.45, 2.75) is 12.5 Å². The van der Waals surface area contributed by atoms with Gasteiger partial charge in [0, 0.05) is 31.5 Å². The molecule has 1 aliphatic rings. The average Bonchev–Trinajstić information content (AvgIpc) is 3.23. The quantitative estimate of drug-likeness (QED) is 0.785. The highest BCUT2D eigenvalue weighted by Crippen LogP contribution is 2.22.